The Balaban J connectivity index is 0.00000264. The highest BCUT2D eigenvalue weighted by Crippen LogP contribution is 2.19. The number of esters is 1. The van der Waals surface area contributed by atoms with Gasteiger partial charge in [-0.3, -0.25) is 4.79 Å². The van der Waals surface area contributed by atoms with Crippen molar-refractivity contribution in [3.05, 3.63) is 16.1 Å². The zero-order valence-electron chi connectivity index (χ0n) is 13.9. The Hall–Kier alpha value is -0.900. The lowest BCUT2D eigenvalue weighted by atomic mass is 9.97. The van der Waals surface area contributed by atoms with Crippen molar-refractivity contribution in [3.63, 3.8) is 0 Å². The number of ether oxygens (including phenoxy) is 1. The molecule has 0 spiro atoms. The molecule has 1 aromatic rings. The highest BCUT2D eigenvalue weighted by molar-refractivity contribution is 14.0. The average Bonchev–Trinajstić information content (AvgIpc) is 2.96. The van der Waals surface area contributed by atoms with Crippen molar-refractivity contribution in [1.29, 1.82) is 0 Å². The van der Waals surface area contributed by atoms with Crippen molar-refractivity contribution in [2.75, 3.05) is 26.7 Å². The number of nitrogens with zero attached hydrogens (tertiary/aromatic N) is 3. The number of piperidine rings is 1. The van der Waals surface area contributed by atoms with Crippen LogP contribution in [0, 0.1) is 12.8 Å². The summed E-state index contributed by atoms with van der Waals surface area (Å²) in [7, 11) is 1.45. The Morgan fingerprint density at radius 3 is 2.74 bits per heavy atom. The van der Waals surface area contributed by atoms with E-state index in [4.69, 9.17) is 4.74 Å². The van der Waals surface area contributed by atoms with Crippen LogP contribution in [0.1, 0.15) is 29.7 Å². The lowest BCUT2D eigenvalue weighted by Crippen LogP contribution is -2.46. The van der Waals surface area contributed by atoms with E-state index in [-0.39, 0.29) is 35.9 Å². The molecule has 1 aliphatic rings. The van der Waals surface area contributed by atoms with Crippen molar-refractivity contribution in [2.45, 2.75) is 33.2 Å². The Morgan fingerprint density at radius 2 is 2.22 bits per heavy atom. The number of carbonyl (C=O) groups is 1. The van der Waals surface area contributed by atoms with Gasteiger partial charge in [-0.2, -0.15) is 0 Å². The van der Waals surface area contributed by atoms with Gasteiger partial charge in [0.25, 0.3) is 0 Å². The van der Waals surface area contributed by atoms with Gasteiger partial charge in [0.15, 0.2) is 5.96 Å². The van der Waals surface area contributed by atoms with Gasteiger partial charge in [-0.25, -0.2) is 9.98 Å². The summed E-state index contributed by atoms with van der Waals surface area (Å²) >= 11 is 1.68. The van der Waals surface area contributed by atoms with Crippen LogP contribution in [-0.2, 0) is 16.1 Å². The molecule has 1 aromatic heterocycles. The summed E-state index contributed by atoms with van der Waals surface area (Å²) in [6.45, 7) is 7.17. The van der Waals surface area contributed by atoms with Crippen molar-refractivity contribution >= 4 is 47.2 Å². The van der Waals surface area contributed by atoms with E-state index in [2.05, 4.69) is 27.1 Å². The Bertz CT molecular complexity index is 527. The van der Waals surface area contributed by atoms with E-state index in [9.17, 15) is 4.79 Å². The number of methoxy groups -OCH3 is 1. The van der Waals surface area contributed by atoms with Gasteiger partial charge in [0, 0.05) is 30.7 Å². The second-order valence-electron chi connectivity index (χ2n) is 5.32. The van der Waals surface area contributed by atoms with Crippen LogP contribution in [0.15, 0.2) is 11.2 Å². The lowest BCUT2D eigenvalue weighted by Gasteiger charge is -2.33. The van der Waals surface area contributed by atoms with E-state index >= 15 is 0 Å². The number of nitrogens with one attached hydrogen (secondary N) is 1. The van der Waals surface area contributed by atoms with Crippen LogP contribution in [0.4, 0.5) is 0 Å². The molecule has 0 saturated carbocycles. The smallest absolute Gasteiger partial charge is 0.308 e. The summed E-state index contributed by atoms with van der Waals surface area (Å²) in [5, 5.41) is 4.35. The molecule has 0 unspecified atom stereocenters. The third-order valence-corrected chi connectivity index (χ3v) is 4.59. The number of aliphatic imine (C=N–C) groups is 1. The van der Waals surface area contributed by atoms with Gasteiger partial charge >= 0.3 is 5.97 Å². The van der Waals surface area contributed by atoms with Crippen LogP contribution in [-0.4, -0.2) is 48.6 Å². The quantitative estimate of drug-likeness (QED) is 0.329. The molecular weight excluding hydrogens is 427 g/mol. The van der Waals surface area contributed by atoms with Gasteiger partial charge < -0.3 is 15.0 Å². The van der Waals surface area contributed by atoms with Crippen molar-refractivity contribution in [1.82, 2.24) is 15.2 Å². The van der Waals surface area contributed by atoms with Gasteiger partial charge in [0.1, 0.15) is 5.01 Å². The minimum absolute atomic E-state index is 0. The average molecular weight is 452 g/mol. The molecule has 0 atom stereocenters. The summed E-state index contributed by atoms with van der Waals surface area (Å²) in [5.41, 5.74) is 0. The Morgan fingerprint density at radius 1 is 1.52 bits per heavy atom. The normalized spacial score (nSPS) is 16.0. The largest absolute Gasteiger partial charge is 0.469 e. The fraction of sp³-hybridized carbons (Fsp3) is 0.667. The third-order valence-electron chi connectivity index (χ3n) is 3.70. The summed E-state index contributed by atoms with van der Waals surface area (Å²) in [6, 6.07) is 0. The van der Waals surface area contributed by atoms with Crippen LogP contribution in [0.5, 0.6) is 0 Å². The Labute approximate surface area is 158 Å². The first-order valence-electron chi connectivity index (χ1n) is 7.66. The number of guanidine groups is 1. The molecule has 1 saturated heterocycles. The van der Waals surface area contributed by atoms with E-state index < -0.39 is 0 Å². The highest BCUT2D eigenvalue weighted by Gasteiger charge is 2.26. The van der Waals surface area contributed by atoms with E-state index in [1.807, 2.05) is 13.1 Å². The molecule has 0 aromatic carbocycles. The van der Waals surface area contributed by atoms with E-state index in [0.29, 0.717) is 6.54 Å². The van der Waals surface area contributed by atoms with Gasteiger partial charge in [-0.15, -0.1) is 35.3 Å². The number of carbonyl (C=O) groups excluding carboxylic acids is 1. The van der Waals surface area contributed by atoms with Crippen LogP contribution in [0.25, 0.3) is 0 Å². The molecule has 0 radical (unpaired) electrons. The summed E-state index contributed by atoms with van der Waals surface area (Å²) in [4.78, 5) is 24.0. The number of thiazole rings is 1. The maximum atomic E-state index is 11.6. The van der Waals surface area contributed by atoms with Crippen LogP contribution in [0.3, 0.4) is 0 Å². The number of halogens is 1. The predicted octanol–water partition coefficient (Wildman–Crippen LogP) is 2.42. The number of aromatic nitrogens is 1. The van der Waals surface area contributed by atoms with Crippen molar-refractivity contribution in [2.24, 2.45) is 10.9 Å². The lowest BCUT2D eigenvalue weighted by molar-refractivity contribution is -0.146. The molecule has 8 heteroatoms. The minimum atomic E-state index is -0.0974. The van der Waals surface area contributed by atoms with Gasteiger partial charge in [-0.1, -0.05) is 0 Å². The first-order chi connectivity index (χ1) is 10.6. The van der Waals surface area contributed by atoms with Crippen LogP contribution in [0.2, 0.25) is 0 Å². The number of hydrogen-bond donors (Lipinski definition) is 1. The zero-order valence-corrected chi connectivity index (χ0v) is 17.0. The highest BCUT2D eigenvalue weighted by atomic mass is 127. The first-order valence-corrected chi connectivity index (χ1v) is 8.48. The number of likely N-dealkylation sites (tertiary alicyclic amines) is 1. The Kier molecular flexibility index (Phi) is 8.82. The van der Waals surface area contributed by atoms with Crippen molar-refractivity contribution in [3.8, 4) is 0 Å². The molecule has 2 rings (SSSR count). The van der Waals surface area contributed by atoms with Gasteiger partial charge in [0.2, 0.25) is 0 Å². The fourth-order valence-electron chi connectivity index (χ4n) is 2.54. The molecule has 1 aliphatic heterocycles. The maximum Gasteiger partial charge on any atom is 0.308 e. The second-order valence-corrected chi connectivity index (χ2v) is 6.64. The molecule has 1 fully saturated rings. The fourth-order valence-corrected chi connectivity index (χ4v) is 3.25. The van der Waals surface area contributed by atoms with E-state index in [0.717, 1.165) is 43.4 Å². The molecule has 23 heavy (non-hydrogen) atoms. The van der Waals surface area contributed by atoms with E-state index in [1.165, 1.54) is 12.0 Å². The summed E-state index contributed by atoms with van der Waals surface area (Å²) < 4.78 is 4.83. The molecule has 0 bridgehead atoms. The minimum Gasteiger partial charge on any atom is -0.469 e. The third kappa shape index (κ3) is 5.91. The molecule has 130 valence electrons. The van der Waals surface area contributed by atoms with Gasteiger partial charge in [-0.05, 0) is 26.7 Å². The molecule has 1 N–H and O–H groups in total. The van der Waals surface area contributed by atoms with Gasteiger partial charge in [0.05, 0.1) is 19.6 Å². The molecular formula is C15H25IN4O2S. The molecule has 0 amide bonds. The van der Waals surface area contributed by atoms with Crippen LogP contribution >= 0.6 is 35.3 Å². The topological polar surface area (TPSA) is 66.8 Å². The van der Waals surface area contributed by atoms with Crippen LogP contribution < -0.4 is 5.32 Å². The van der Waals surface area contributed by atoms with Crippen molar-refractivity contribution < 1.29 is 9.53 Å². The number of hydrogen-bond acceptors (Lipinski definition) is 5. The molecule has 2 heterocycles. The van der Waals surface area contributed by atoms with E-state index in [1.54, 1.807) is 11.3 Å². The first kappa shape index (κ1) is 20.1. The molecule has 0 aliphatic carbocycles. The summed E-state index contributed by atoms with van der Waals surface area (Å²) in [5.74, 6) is 0.823. The maximum absolute atomic E-state index is 11.6. The zero-order chi connectivity index (χ0) is 15.9. The summed E-state index contributed by atoms with van der Waals surface area (Å²) in [6.07, 6.45) is 3.51. The number of aryl methyl sites for hydroxylation is 1. The standard InChI is InChI=1S/C15H24N4O2S.HI/c1-4-16-15(18-10-13-17-9-11(2)22-13)19-7-5-12(6-8-19)14(20)21-3;/h9,12H,4-8,10H2,1-3H3,(H,16,18);1H. The second kappa shape index (κ2) is 10.1. The monoisotopic (exact) mass is 452 g/mol. The predicted molar refractivity (Wildman–Crippen MR) is 103 cm³/mol. The number of rotatable bonds is 4. The SMILES string of the molecule is CCNC(=NCc1ncc(C)s1)N1CCC(C(=O)OC)CC1.I. The molecule has 6 nitrogen and oxygen atoms in total.